The molecule has 2 aromatic rings. The Bertz CT molecular complexity index is 458. The molecule has 0 aliphatic rings. The number of hydrogen-bond acceptors (Lipinski definition) is 4. The number of nitrogens with zero attached hydrogens (tertiary/aromatic N) is 1. The van der Waals surface area contributed by atoms with Gasteiger partial charge in [0.15, 0.2) is 0 Å². The molecule has 5 heteroatoms. The molecule has 0 spiro atoms. The van der Waals surface area contributed by atoms with Gasteiger partial charge in [-0.25, -0.2) is 4.98 Å². The molecule has 1 atom stereocenters. The van der Waals surface area contributed by atoms with E-state index in [0.717, 1.165) is 23.9 Å². The number of aromatic nitrogens is 1. The largest absolute Gasteiger partial charge is 0.468 e. The molecular formula is C13H15ClN2OS. The summed E-state index contributed by atoms with van der Waals surface area (Å²) in [5.41, 5.74) is 0. The molecule has 0 aromatic carbocycles. The molecule has 96 valence electrons. The summed E-state index contributed by atoms with van der Waals surface area (Å²) in [6.45, 7) is 3.82. The van der Waals surface area contributed by atoms with Crippen LogP contribution in [0.1, 0.15) is 12.7 Å². The van der Waals surface area contributed by atoms with Crippen molar-refractivity contribution in [1.29, 1.82) is 0 Å². The van der Waals surface area contributed by atoms with Crippen LogP contribution < -0.4 is 5.32 Å². The average molecular weight is 283 g/mol. The van der Waals surface area contributed by atoms with E-state index in [-0.39, 0.29) is 0 Å². The van der Waals surface area contributed by atoms with Gasteiger partial charge >= 0.3 is 0 Å². The van der Waals surface area contributed by atoms with E-state index < -0.39 is 0 Å². The Morgan fingerprint density at radius 1 is 1.44 bits per heavy atom. The van der Waals surface area contributed by atoms with E-state index in [0.29, 0.717) is 10.3 Å². The second kappa shape index (κ2) is 6.83. The van der Waals surface area contributed by atoms with Gasteiger partial charge in [0, 0.05) is 18.0 Å². The standard InChI is InChI=1S/C13H15ClN2OS/c1-10(7-15-9-12-3-2-6-17-12)18-13-5-4-11(14)8-16-13/h2-6,8,10,15H,7,9H2,1H3. The molecule has 1 N–H and O–H groups in total. The molecular weight excluding hydrogens is 268 g/mol. The van der Waals surface area contributed by atoms with Gasteiger partial charge in [0.25, 0.3) is 0 Å². The van der Waals surface area contributed by atoms with Crippen molar-refractivity contribution >= 4 is 23.4 Å². The summed E-state index contributed by atoms with van der Waals surface area (Å²) in [6, 6.07) is 7.66. The summed E-state index contributed by atoms with van der Waals surface area (Å²) < 4.78 is 5.25. The summed E-state index contributed by atoms with van der Waals surface area (Å²) in [6.07, 6.45) is 3.36. The number of rotatable bonds is 6. The predicted molar refractivity (Wildman–Crippen MR) is 75.0 cm³/mol. The van der Waals surface area contributed by atoms with Gasteiger partial charge in [-0.3, -0.25) is 0 Å². The van der Waals surface area contributed by atoms with Crippen LogP contribution in [-0.4, -0.2) is 16.8 Å². The molecule has 0 radical (unpaired) electrons. The monoisotopic (exact) mass is 282 g/mol. The molecule has 0 saturated heterocycles. The second-order valence-corrected chi connectivity index (χ2v) is 5.85. The molecule has 0 bridgehead atoms. The molecule has 3 nitrogen and oxygen atoms in total. The Morgan fingerprint density at radius 2 is 2.33 bits per heavy atom. The lowest BCUT2D eigenvalue weighted by Crippen LogP contribution is -2.22. The second-order valence-electron chi connectivity index (χ2n) is 3.95. The summed E-state index contributed by atoms with van der Waals surface area (Å²) >= 11 is 7.52. The summed E-state index contributed by atoms with van der Waals surface area (Å²) in [5.74, 6) is 0.955. The molecule has 2 rings (SSSR count). The molecule has 2 aromatic heterocycles. The van der Waals surface area contributed by atoms with E-state index in [4.69, 9.17) is 16.0 Å². The molecule has 0 aliphatic heterocycles. The van der Waals surface area contributed by atoms with Crippen LogP contribution in [0.3, 0.4) is 0 Å². The van der Waals surface area contributed by atoms with Gasteiger partial charge in [-0.05, 0) is 24.3 Å². The van der Waals surface area contributed by atoms with E-state index in [9.17, 15) is 0 Å². The first-order valence-corrected chi connectivity index (χ1v) is 7.01. The van der Waals surface area contributed by atoms with Crippen molar-refractivity contribution < 1.29 is 4.42 Å². The van der Waals surface area contributed by atoms with Crippen LogP contribution >= 0.6 is 23.4 Å². The maximum absolute atomic E-state index is 5.79. The fourth-order valence-corrected chi connectivity index (χ4v) is 2.48. The first kappa shape index (κ1) is 13.5. The van der Waals surface area contributed by atoms with E-state index in [1.165, 1.54) is 0 Å². The first-order valence-electron chi connectivity index (χ1n) is 5.75. The van der Waals surface area contributed by atoms with Crippen LogP contribution in [0.2, 0.25) is 5.02 Å². The van der Waals surface area contributed by atoms with Crippen molar-refractivity contribution in [3.05, 3.63) is 47.5 Å². The minimum Gasteiger partial charge on any atom is -0.468 e. The van der Waals surface area contributed by atoms with E-state index in [2.05, 4.69) is 17.2 Å². The summed E-state index contributed by atoms with van der Waals surface area (Å²) in [7, 11) is 0. The van der Waals surface area contributed by atoms with Crippen molar-refractivity contribution in [2.45, 2.75) is 23.7 Å². The summed E-state index contributed by atoms with van der Waals surface area (Å²) in [4.78, 5) is 4.26. The third kappa shape index (κ3) is 4.37. The number of pyridine rings is 1. The maximum Gasteiger partial charge on any atom is 0.117 e. The van der Waals surface area contributed by atoms with Crippen molar-refractivity contribution in [3.63, 3.8) is 0 Å². The van der Waals surface area contributed by atoms with Gasteiger partial charge in [0.05, 0.1) is 22.9 Å². The number of furan rings is 1. The SMILES string of the molecule is CC(CNCc1ccco1)Sc1ccc(Cl)cn1. The quantitative estimate of drug-likeness (QED) is 0.822. The number of halogens is 1. The maximum atomic E-state index is 5.79. The highest BCUT2D eigenvalue weighted by Crippen LogP contribution is 2.21. The van der Waals surface area contributed by atoms with Crippen molar-refractivity contribution in [2.75, 3.05) is 6.54 Å². The number of thioether (sulfide) groups is 1. The topological polar surface area (TPSA) is 38.1 Å². The third-order valence-corrected chi connectivity index (χ3v) is 3.61. The van der Waals surface area contributed by atoms with Crippen LogP contribution in [0.4, 0.5) is 0 Å². The molecule has 0 saturated carbocycles. The summed E-state index contributed by atoms with van der Waals surface area (Å²) in [5, 5.41) is 5.45. The lowest BCUT2D eigenvalue weighted by molar-refractivity contribution is 0.484. The Kier molecular flexibility index (Phi) is 5.11. The zero-order valence-corrected chi connectivity index (χ0v) is 11.7. The normalized spacial score (nSPS) is 12.6. The van der Waals surface area contributed by atoms with Crippen molar-refractivity contribution in [3.8, 4) is 0 Å². The van der Waals surface area contributed by atoms with E-state index in [1.807, 2.05) is 24.3 Å². The van der Waals surface area contributed by atoms with Crippen LogP contribution in [0, 0.1) is 0 Å². The Balaban J connectivity index is 1.71. The molecule has 0 aliphatic carbocycles. The predicted octanol–water partition coefficient (Wildman–Crippen LogP) is 3.60. The fraction of sp³-hybridized carbons (Fsp3) is 0.308. The highest BCUT2D eigenvalue weighted by Gasteiger charge is 2.05. The zero-order chi connectivity index (χ0) is 12.8. The smallest absolute Gasteiger partial charge is 0.117 e. The van der Waals surface area contributed by atoms with Crippen LogP contribution in [0.25, 0.3) is 0 Å². The minimum absolute atomic E-state index is 0.439. The van der Waals surface area contributed by atoms with Gasteiger partial charge in [-0.2, -0.15) is 0 Å². The molecule has 2 heterocycles. The Hall–Kier alpha value is -0.970. The van der Waals surface area contributed by atoms with Gasteiger partial charge in [0.2, 0.25) is 0 Å². The van der Waals surface area contributed by atoms with Crippen molar-refractivity contribution in [1.82, 2.24) is 10.3 Å². The molecule has 0 fully saturated rings. The van der Waals surface area contributed by atoms with E-state index in [1.54, 1.807) is 24.2 Å². The number of hydrogen-bond donors (Lipinski definition) is 1. The fourth-order valence-electron chi connectivity index (χ4n) is 1.49. The van der Waals surface area contributed by atoms with Gasteiger partial charge in [-0.1, -0.05) is 18.5 Å². The third-order valence-electron chi connectivity index (χ3n) is 2.33. The molecule has 1 unspecified atom stereocenters. The molecule has 18 heavy (non-hydrogen) atoms. The van der Waals surface area contributed by atoms with Crippen molar-refractivity contribution in [2.24, 2.45) is 0 Å². The zero-order valence-electron chi connectivity index (χ0n) is 10.1. The highest BCUT2D eigenvalue weighted by molar-refractivity contribution is 7.99. The van der Waals surface area contributed by atoms with Crippen LogP contribution in [0.5, 0.6) is 0 Å². The Labute approximate surface area is 116 Å². The minimum atomic E-state index is 0.439. The van der Waals surface area contributed by atoms with Gasteiger partial charge in [-0.15, -0.1) is 11.8 Å². The van der Waals surface area contributed by atoms with Gasteiger partial charge < -0.3 is 9.73 Å². The number of nitrogens with one attached hydrogen (secondary N) is 1. The average Bonchev–Trinajstić information content (AvgIpc) is 2.85. The molecule has 0 amide bonds. The lowest BCUT2D eigenvalue weighted by atomic mass is 10.4. The first-order chi connectivity index (χ1) is 8.74. The van der Waals surface area contributed by atoms with Crippen LogP contribution in [-0.2, 0) is 6.54 Å². The van der Waals surface area contributed by atoms with Crippen LogP contribution in [0.15, 0.2) is 46.2 Å². The highest BCUT2D eigenvalue weighted by atomic mass is 35.5. The van der Waals surface area contributed by atoms with E-state index >= 15 is 0 Å². The Morgan fingerprint density at radius 3 is 3.00 bits per heavy atom. The van der Waals surface area contributed by atoms with Gasteiger partial charge in [0.1, 0.15) is 5.76 Å². The lowest BCUT2D eigenvalue weighted by Gasteiger charge is -2.11.